The molecular weight excluding hydrogens is 312 g/mol. The summed E-state index contributed by atoms with van der Waals surface area (Å²) in [5, 5.41) is 0. The van der Waals surface area contributed by atoms with Crippen molar-refractivity contribution in [2.24, 2.45) is 0 Å². The van der Waals surface area contributed by atoms with Crippen LogP contribution in [-0.2, 0) is 22.8 Å². The molecule has 5 nitrogen and oxygen atoms in total. The van der Waals surface area contributed by atoms with Gasteiger partial charge in [0.25, 0.3) is 0 Å². The Morgan fingerprint density at radius 3 is 1.83 bits per heavy atom. The van der Waals surface area contributed by atoms with Crippen LogP contribution in [0.1, 0.15) is 60.3 Å². The van der Waals surface area contributed by atoms with Crippen LogP contribution < -0.4 is 0 Å². The zero-order chi connectivity index (χ0) is 17.1. The minimum absolute atomic E-state index is 0.154. The Morgan fingerprint density at radius 1 is 0.957 bits per heavy atom. The SMILES string of the molecule is CCCO[Si](OCCC)(OCCC)C(C)CC(C)OCC1CO1. The minimum atomic E-state index is -2.68. The molecule has 3 atom stereocenters. The van der Waals surface area contributed by atoms with Gasteiger partial charge in [-0.15, -0.1) is 0 Å². The van der Waals surface area contributed by atoms with Crippen molar-refractivity contribution in [1.82, 2.24) is 0 Å². The highest BCUT2D eigenvalue weighted by molar-refractivity contribution is 6.62. The monoisotopic (exact) mass is 348 g/mol. The third-order valence-corrected chi connectivity index (χ3v) is 7.04. The molecule has 0 radical (unpaired) electrons. The van der Waals surface area contributed by atoms with E-state index in [4.69, 9.17) is 22.8 Å². The average molecular weight is 349 g/mol. The van der Waals surface area contributed by atoms with Gasteiger partial charge >= 0.3 is 8.80 Å². The Bertz CT molecular complexity index is 277. The van der Waals surface area contributed by atoms with Crippen molar-refractivity contribution in [3.8, 4) is 0 Å². The van der Waals surface area contributed by atoms with Gasteiger partial charge in [0.1, 0.15) is 6.10 Å². The van der Waals surface area contributed by atoms with Crippen molar-refractivity contribution in [3.63, 3.8) is 0 Å². The lowest BCUT2D eigenvalue weighted by Gasteiger charge is -2.35. The number of epoxide rings is 1. The maximum atomic E-state index is 6.20. The molecule has 23 heavy (non-hydrogen) atoms. The van der Waals surface area contributed by atoms with Gasteiger partial charge in [0, 0.05) is 25.4 Å². The topological polar surface area (TPSA) is 49.5 Å². The largest absolute Gasteiger partial charge is 0.504 e. The molecule has 1 aliphatic rings. The first-order chi connectivity index (χ1) is 11.1. The summed E-state index contributed by atoms with van der Waals surface area (Å²) in [4.78, 5) is 0. The summed E-state index contributed by atoms with van der Waals surface area (Å²) in [6.45, 7) is 14.2. The molecule has 1 saturated heterocycles. The van der Waals surface area contributed by atoms with Crippen molar-refractivity contribution in [2.45, 2.75) is 78.1 Å². The van der Waals surface area contributed by atoms with E-state index < -0.39 is 8.80 Å². The Hall–Kier alpha value is 0.0169. The summed E-state index contributed by atoms with van der Waals surface area (Å²) in [5.41, 5.74) is 0.224. The Balaban J connectivity index is 2.62. The molecule has 1 fully saturated rings. The Kier molecular flexibility index (Phi) is 10.6. The number of hydrogen-bond donors (Lipinski definition) is 0. The Labute approximate surface area is 143 Å². The highest BCUT2D eigenvalue weighted by Gasteiger charge is 2.47. The van der Waals surface area contributed by atoms with E-state index in [0.717, 1.165) is 32.3 Å². The fraction of sp³-hybridized carbons (Fsp3) is 1.00. The van der Waals surface area contributed by atoms with E-state index in [2.05, 4.69) is 34.6 Å². The van der Waals surface area contributed by atoms with Crippen LogP contribution in [0.4, 0.5) is 0 Å². The van der Waals surface area contributed by atoms with Crippen molar-refractivity contribution in [2.75, 3.05) is 33.0 Å². The average Bonchev–Trinajstić information content (AvgIpc) is 3.37. The first kappa shape index (κ1) is 21.1. The summed E-state index contributed by atoms with van der Waals surface area (Å²) in [6, 6.07) is 0. The minimum Gasteiger partial charge on any atom is -0.376 e. The first-order valence-corrected chi connectivity index (χ1v) is 11.0. The van der Waals surface area contributed by atoms with Gasteiger partial charge < -0.3 is 22.8 Å². The fourth-order valence-electron chi connectivity index (χ4n) is 2.43. The highest BCUT2D eigenvalue weighted by atomic mass is 28.4. The van der Waals surface area contributed by atoms with Gasteiger partial charge in [0.15, 0.2) is 0 Å². The van der Waals surface area contributed by atoms with E-state index in [1.54, 1.807) is 0 Å². The fourth-order valence-corrected chi connectivity index (χ4v) is 5.62. The number of ether oxygens (including phenoxy) is 2. The van der Waals surface area contributed by atoms with Gasteiger partial charge in [-0.05, 0) is 32.6 Å². The normalized spacial score (nSPS) is 20.5. The summed E-state index contributed by atoms with van der Waals surface area (Å²) < 4.78 is 29.7. The van der Waals surface area contributed by atoms with Crippen LogP contribution in [0.25, 0.3) is 0 Å². The van der Waals surface area contributed by atoms with Crippen molar-refractivity contribution in [1.29, 1.82) is 0 Å². The molecule has 0 aromatic rings. The van der Waals surface area contributed by atoms with Crippen LogP contribution in [0, 0.1) is 0 Å². The summed E-state index contributed by atoms with van der Waals surface area (Å²) in [6.07, 6.45) is 4.25. The molecule has 1 rings (SSSR count). The third-order valence-electron chi connectivity index (χ3n) is 3.78. The van der Waals surface area contributed by atoms with Crippen LogP contribution in [0.15, 0.2) is 0 Å². The Morgan fingerprint density at radius 2 is 1.43 bits per heavy atom. The molecule has 0 spiro atoms. The van der Waals surface area contributed by atoms with E-state index in [0.29, 0.717) is 32.5 Å². The van der Waals surface area contributed by atoms with Crippen LogP contribution in [0.2, 0.25) is 5.54 Å². The molecule has 0 aromatic carbocycles. The van der Waals surface area contributed by atoms with E-state index in [1.807, 2.05) is 0 Å². The molecule has 0 bridgehead atoms. The standard InChI is InChI=1S/C17H36O5Si/c1-6-9-20-23(21-10-7-2,22-11-8-3)16(5)12-15(4)18-13-17-14-19-17/h15-17H,6-14H2,1-5H3. The zero-order valence-corrected chi connectivity index (χ0v) is 16.6. The molecule has 0 N–H and O–H groups in total. The van der Waals surface area contributed by atoms with Gasteiger partial charge in [-0.3, -0.25) is 0 Å². The lowest BCUT2D eigenvalue weighted by molar-refractivity contribution is 0.0245. The maximum Gasteiger partial charge on any atom is 0.504 e. The van der Waals surface area contributed by atoms with E-state index in [9.17, 15) is 0 Å². The molecule has 3 unspecified atom stereocenters. The van der Waals surface area contributed by atoms with Gasteiger partial charge in [-0.25, -0.2) is 0 Å². The van der Waals surface area contributed by atoms with Crippen molar-refractivity contribution >= 4 is 8.80 Å². The molecule has 0 amide bonds. The van der Waals surface area contributed by atoms with Gasteiger partial charge in [-0.1, -0.05) is 27.7 Å². The first-order valence-electron chi connectivity index (χ1n) is 9.22. The molecule has 0 saturated carbocycles. The zero-order valence-electron chi connectivity index (χ0n) is 15.6. The van der Waals surface area contributed by atoms with Crippen LogP contribution in [0.3, 0.4) is 0 Å². The summed E-state index contributed by atoms with van der Waals surface area (Å²) in [5.74, 6) is 0. The van der Waals surface area contributed by atoms with Crippen molar-refractivity contribution in [3.05, 3.63) is 0 Å². The van der Waals surface area contributed by atoms with E-state index >= 15 is 0 Å². The molecule has 0 aliphatic carbocycles. The van der Waals surface area contributed by atoms with E-state index in [-0.39, 0.29) is 11.6 Å². The summed E-state index contributed by atoms with van der Waals surface area (Å²) >= 11 is 0. The van der Waals surface area contributed by atoms with E-state index in [1.165, 1.54) is 0 Å². The molecule has 0 aromatic heterocycles. The lowest BCUT2D eigenvalue weighted by Crippen LogP contribution is -2.51. The predicted octanol–water partition coefficient (Wildman–Crippen LogP) is 3.79. The third kappa shape index (κ3) is 8.09. The second kappa shape index (κ2) is 11.6. The summed E-state index contributed by atoms with van der Waals surface area (Å²) in [7, 11) is -2.68. The van der Waals surface area contributed by atoms with Gasteiger partial charge in [0.2, 0.25) is 0 Å². The van der Waals surface area contributed by atoms with Crippen LogP contribution in [-0.4, -0.2) is 54.0 Å². The number of rotatable bonds is 15. The van der Waals surface area contributed by atoms with Gasteiger partial charge in [-0.2, -0.15) is 0 Å². The predicted molar refractivity (Wildman–Crippen MR) is 93.7 cm³/mol. The second-order valence-electron chi connectivity index (χ2n) is 6.38. The smallest absolute Gasteiger partial charge is 0.376 e. The molecule has 1 heterocycles. The molecule has 6 heteroatoms. The molecule has 1 aliphatic heterocycles. The second-order valence-corrected chi connectivity index (χ2v) is 9.44. The van der Waals surface area contributed by atoms with Gasteiger partial charge in [0.05, 0.1) is 19.3 Å². The number of hydrogen-bond acceptors (Lipinski definition) is 5. The lowest BCUT2D eigenvalue weighted by atomic mass is 10.2. The quantitative estimate of drug-likeness (QED) is 0.333. The molecular formula is C17H36O5Si. The molecule has 138 valence electrons. The highest BCUT2D eigenvalue weighted by Crippen LogP contribution is 2.31. The van der Waals surface area contributed by atoms with Crippen LogP contribution in [0.5, 0.6) is 0 Å². The van der Waals surface area contributed by atoms with Crippen molar-refractivity contribution < 1.29 is 22.8 Å². The van der Waals surface area contributed by atoms with Crippen LogP contribution >= 0.6 is 0 Å². The maximum absolute atomic E-state index is 6.20.